The number of fused-ring (bicyclic) bond motifs is 1. The summed E-state index contributed by atoms with van der Waals surface area (Å²) in [4.78, 5) is 27.7. The fraction of sp³-hybridized carbons (Fsp3) is 0.538. The van der Waals surface area contributed by atoms with Gasteiger partial charge in [-0.05, 0) is 46.2 Å². The molecule has 2 saturated heterocycles. The topological polar surface area (TPSA) is 202 Å². The number of aliphatic hydroxyl groups is 1. The van der Waals surface area contributed by atoms with Gasteiger partial charge in [0.15, 0.2) is 23.2 Å². The predicted octanol–water partition coefficient (Wildman–Crippen LogP) is 1.73. The number of nitrogens with one attached hydrogen (secondary N) is 1. The lowest BCUT2D eigenvalue weighted by molar-refractivity contribution is -0.149. The molecule has 2 fully saturated rings. The van der Waals surface area contributed by atoms with Crippen LogP contribution in [0, 0.1) is 0 Å². The first-order valence-electron chi connectivity index (χ1n) is 13.7. The van der Waals surface area contributed by atoms with Gasteiger partial charge in [-0.1, -0.05) is 18.2 Å². The summed E-state index contributed by atoms with van der Waals surface area (Å²) < 4.78 is 38.3. The number of benzene rings is 1. The van der Waals surface area contributed by atoms with Crippen molar-refractivity contribution in [1.82, 2.24) is 24.6 Å². The van der Waals surface area contributed by atoms with Gasteiger partial charge >= 0.3 is 13.7 Å². The van der Waals surface area contributed by atoms with Crippen LogP contribution in [0.1, 0.15) is 40.3 Å². The number of para-hydroxylation sites is 1. The first-order chi connectivity index (χ1) is 19.9. The van der Waals surface area contributed by atoms with Gasteiger partial charge in [0.05, 0.1) is 24.6 Å². The van der Waals surface area contributed by atoms with Gasteiger partial charge in [0.25, 0.3) is 0 Å². The molecule has 42 heavy (non-hydrogen) atoms. The van der Waals surface area contributed by atoms with Crippen molar-refractivity contribution in [3.63, 3.8) is 0 Å². The van der Waals surface area contributed by atoms with E-state index in [0.717, 1.165) is 19.5 Å². The first-order valence-corrected chi connectivity index (χ1v) is 15.3. The third-order valence-electron chi connectivity index (χ3n) is 7.09. The highest BCUT2D eigenvalue weighted by atomic mass is 31.2. The Bertz CT molecular complexity index is 1470. The van der Waals surface area contributed by atoms with Gasteiger partial charge in [0.1, 0.15) is 24.0 Å². The number of ether oxygens (including phenoxy) is 2. The number of nitrogens with zero attached hydrogens (tertiary/aromatic N) is 5. The monoisotopic (exact) mass is 604 g/mol. The second-order valence-electron chi connectivity index (χ2n) is 10.9. The third kappa shape index (κ3) is 6.07. The molecule has 0 aliphatic carbocycles. The van der Waals surface area contributed by atoms with Crippen LogP contribution < -0.4 is 26.0 Å². The number of anilines is 2. The Balaban J connectivity index is 1.37. The van der Waals surface area contributed by atoms with Crippen molar-refractivity contribution >= 4 is 36.6 Å². The molecule has 6 N–H and O–H groups in total. The second-order valence-corrected chi connectivity index (χ2v) is 12.6. The summed E-state index contributed by atoms with van der Waals surface area (Å²) in [6.07, 6.45) is -1.06. The van der Waals surface area contributed by atoms with E-state index in [2.05, 4.69) is 24.9 Å². The number of carbonyl (C=O) groups is 1. The minimum atomic E-state index is -4.20. The Labute approximate surface area is 243 Å². The van der Waals surface area contributed by atoms with Crippen LogP contribution in [-0.4, -0.2) is 80.2 Å². The van der Waals surface area contributed by atoms with Gasteiger partial charge in [-0.2, -0.15) is 15.1 Å². The van der Waals surface area contributed by atoms with Gasteiger partial charge in [-0.3, -0.25) is 13.9 Å². The number of aliphatic hydroxyl groups excluding tert-OH is 1. The molecule has 3 aromatic rings. The van der Waals surface area contributed by atoms with Crippen LogP contribution in [0.5, 0.6) is 5.75 Å². The lowest BCUT2D eigenvalue weighted by Crippen LogP contribution is -2.52. The van der Waals surface area contributed by atoms with Gasteiger partial charge in [-0.15, -0.1) is 0 Å². The number of nitrogen functional groups attached to an aromatic ring is 1. The smallest absolute Gasteiger partial charge is 0.459 e. The second kappa shape index (κ2) is 11.7. The fourth-order valence-electron chi connectivity index (χ4n) is 4.77. The molecule has 6 atom stereocenters. The molecule has 2 aromatic heterocycles. The van der Waals surface area contributed by atoms with Crippen LogP contribution in [0.4, 0.5) is 11.8 Å². The summed E-state index contributed by atoms with van der Waals surface area (Å²) in [6.45, 7) is 7.78. The molecule has 0 amide bonds. The molecular formula is C26H37N8O7P. The van der Waals surface area contributed by atoms with E-state index in [9.17, 15) is 14.5 Å². The van der Waals surface area contributed by atoms with Crippen LogP contribution in [-0.2, 0) is 23.4 Å². The highest BCUT2D eigenvalue weighted by molar-refractivity contribution is 7.52. The fourth-order valence-corrected chi connectivity index (χ4v) is 6.28. The predicted molar refractivity (Wildman–Crippen MR) is 154 cm³/mol. The number of nitrogens with two attached hydrogens (primary N) is 2. The Kier molecular flexibility index (Phi) is 8.43. The minimum absolute atomic E-state index is 0.0680. The normalized spacial score (nSPS) is 26.2. The third-order valence-corrected chi connectivity index (χ3v) is 8.73. The zero-order valence-corrected chi connectivity index (χ0v) is 24.8. The molecular weight excluding hydrogens is 567 g/mol. The van der Waals surface area contributed by atoms with Gasteiger partial charge in [-0.25, -0.2) is 9.55 Å². The van der Waals surface area contributed by atoms with Crippen molar-refractivity contribution in [2.75, 3.05) is 30.3 Å². The summed E-state index contributed by atoms with van der Waals surface area (Å²) in [5.41, 5.74) is 12.2. The van der Waals surface area contributed by atoms with Crippen LogP contribution in [0.15, 0.2) is 36.7 Å². The molecule has 16 heteroatoms. The van der Waals surface area contributed by atoms with Gasteiger partial charge in [0.2, 0.25) is 5.95 Å². The molecule has 2 aliphatic rings. The van der Waals surface area contributed by atoms with Crippen molar-refractivity contribution in [3.05, 3.63) is 36.7 Å². The Morgan fingerprint density at radius 3 is 2.62 bits per heavy atom. The average molecular weight is 605 g/mol. The van der Waals surface area contributed by atoms with E-state index in [0.29, 0.717) is 17.0 Å². The summed E-state index contributed by atoms with van der Waals surface area (Å²) in [5, 5.41) is 13.8. The minimum Gasteiger partial charge on any atom is -0.462 e. The maximum absolute atomic E-state index is 13.9. The number of hydrogen-bond acceptors (Lipinski definition) is 13. The molecule has 4 heterocycles. The van der Waals surface area contributed by atoms with E-state index in [1.54, 1.807) is 55.7 Å². The maximum atomic E-state index is 13.9. The average Bonchev–Trinajstić information content (AvgIpc) is 3.39. The van der Waals surface area contributed by atoms with Crippen LogP contribution in [0.3, 0.4) is 0 Å². The zero-order valence-electron chi connectivity index (χ0n) is 23.9. The molecule has 1 unspecified atom stereocenters. The van der Waals surface area contributed by atoms with Crippen LogP contribution in [0.25, 0.3) is 11.2 Å². The number of rotatable bonds is 11. The number of carbonyl (C=O) groups excluding carboxylic acids is 1. The van der Waals surface area contributed by atoms with Crippen LogP contribution >= 0.6 is 7.75 Å². The van der Waals surface area contributed by atoms with Crippen molar-refractivity contribution in [3.8, 4) is 5.75 Å². The maximum Gasteiger partial charge on any atom is 0.459 e. The van der Waals surface area contributed by atoms with E-state index < -0.39 is 50.3 Å². The van der Waals surface area contributed by atoms with Gasteiger partial charge < -0.3 is 35.5 Å². The zero-order chi connectivity index (χ0) is 30.2. The van der Waals surface area contributed by atoms with Gasteiger partial charge in [0, 0.05) is 13.1 Å². The SMILES string of the molecule is CC(C)OC(=O)[C@H](C)NP(=O)(OC[C@H]1O[C@@H](n2cnc3c(N4CCC4)nc(N)nc32)[C@](C)(N)[C@@H]1O)Oc1ccccc1. The molecule has 0 radical (unpaired) electrons. The summed E-state index contributed by atoms with van der Waals surface area (Å²) in [6, 6.07) is 7.31. The Morgan fingerprint density at radius 1 is 1.26 bits per heavy atom. The standard InChI is InChI=1S/C26H37N8O7P/c1-15(2)39-23(36)16(3)32-42(37,41-17-9-6-5-7-10-17)38-13-18-20(35)26(4,28)24(40-18)34-14-29-19-21(33-11-8-12-33)30-25(27)31-22(19)34/h5-7,9-10,14-16,18,20,24,35H,8,11-13,28H2,1-4H3,(H,32,37)(H2,27,30,31)/t16-,18+,20+,24+,26+,42?/m0/s1. The summed E-state index contributed by atoms with van der Waals surface area (Å²) in [7, 11) is -4.20. The Hall–Kier alpha value is -3.33. The molecule has 15 nitrogen and oxygen atoms in total. The van der Waals surface area contributed by atoms with Crippen molar-refractivity contribution in [2.45, 2.75) is 70.2 Å². The van der Waals surface area contributed by atoms with E-state index in [4.69, 9.17) is 30.0 Å². The Morgan fingerprint density at radius 2 is 1.98 bits per heavy atom. The first kappa shape index (κ1) is 30.1. The molecule has 228 valence electrons. The molecule has 0 spiro atoms. The van der Waals surface area contributed by atoms with Crippen LogP contribution in [0.2, 0.25) is 0 Å². The number of hydrogen-bond donors (Lipinski definition) is 4. The number of imidazole rings is 1. The molecule has 0 saturated carbocycles. The van der Waals surface area contributed by atoms with Crippen molar-refractivity contribution < 1.29 is 33.0 Å². The van der Waals surface area contributed by atoms with E-state index in [1.807, 2.05) is 0 Å². The number of esters is 1. The molecule has 5 rings (SSSR count). The lowest BCUT2D eigenvalue weighted by Gasteiger charge is -2.32. The highest BCUT2D eigenvalue weighted by Crippen LogP contribution is 2.47. The van der Waals surface area contributed by atoms with Crippen molar-refractivity contribution in [2.24, 2.45) is 5.73 Å². The number of aromatic nitrogens is 4. The van der Waals surface area contributed by atoms with E-state index in [-0.39, 0.29) is 17.8 Å². The highest BCUT2D eigenvalue weighted by Gasteiger charge is 2.53. The quantitative estimate of drug-likeness (QED) is 0.182. The van der Waals surface area contributed by atoms with Crippen molar-refractivity contribution in [1.29, 1.82) is 0 Å². The summed E-state index contributed by atoms with van der Waals surface area (Å²) >= 11 is 0. The lowest BCUT2D eigenvalue weighted by atomic mass is 9.93. The largest absolute Gasteiger partial charge is 0.462 e. The molecule has 1 aromatic carbocycles. The van der Waals surface area contributed by atoms with E-state index >= 15 is 0 Å². The molecule has 0 bridgehead atoms. The summed E-state index contributed by atoms with van der Waals surface area (Å²) in [5.74, 6) is 0.295. The van der Waals surface area contributed by atoms with E-state index in [1.165, 1.54) is 13.3 Å². The molecule has 2 aliphatic heterocycles.